The smallest absolute Gasteiger partial charge is 0.143 e. The minimum Gasteiger partial charge on any atom is -0.371 e. The number of fused-ring (bicyclic) bond motifs is 5. The van der Waals surface area contributed by atoms with E-state index in [4.69, 9.17) is 9.84 Å². The van der Waals surface area contributed by atoms with Gasteiger partial charge in [0, 0.05) is 0 Å². The van der Waals surface area contributed by atoms with Gasteiger partial charge in [0.25, 0.3) is 0 Å². The summed E-state index contributed by atoms with van der Waals surface area (Å²) in [5.74, 6) is 2.86. The van der Waals surface area contributed by atoms with Gasteiger partial charge in [0.05, 0.1) is 6.61 Å². The predicted molar refractivity (Wildman–Crippen MR) is 53.6 cm³/mol. The van der Waals surface area contributed by atoms with Crippen LogP contribution < -0.4 is 0 Å². The molecule has 80 valence electrons. The lowest BCUT2D eigenvalue weighted by Gasteiger charge is -2.39. The van der Waals surface area contributed by atoms with E-state index in [0.717, 1.165) is 24.4 Å². The van der Waals surface area contributed by atoms with Gasteiger partial charge in [-0.15, -0.1) is 0 Å². The van der Waals surface area contributed by atoms with Crippen molar-refractivity contribution in [3.05, 3.63) is 0 Å². The first-order valence-electron chi connectivity index (χ1n) is 6.05. The zero-order valence-electron chi connectivity index (χ0n) is 8.74. The van der Waals surface area contributed by atoms with Crippen molar-refractivity contribution in [2.45, 2.75) is 38.5 Å². The molecule has 3 aliphatic carbocycles. The lowest BCUT2D eigenvalue weighted by atomic mass is 9.68. The van der Waals surface area contributed by atoms with E-state index >= 15 is 0 Å². The third kappa shape index (κ3) is 1.04. The van der Waals surface area contributed by atoms with E-state index in [0.29, 0.717) is 5.41 Å². The summed E-state index contributed by atoms with van der Waals surface area (Å²) in [5, 5.41) is 8.79. The molecule has 0 radical (unpaired) electrons. The Labute approximate surface area is 85.6 Å². The molecule has 0 amide bonds. The third-order valence-corrected chi connectivity index (χ3v) is 5.21. The molecule has 4 atom stereocenters. The molecule has 14 heavy (non-hydrogen) atoms. The highest BCUT2D eigenvalue weighted by molar-refractivity contribution is 5.08. The molecule has 3 saturated carbocycles. The minimum atomic E-state index is -0.0914. The van der Waals surface area contributed by atoms with Gasteiger partial charge < -0.3 is 9.84 Å². The van der Waals surface area contributed by atoms with Gasteiger partial charge in [-0.25, -0.2) is 0 Å². The van der Waals surface area contributed by atoms with E-state index < -0.39 is 0 Å². The van der Waals surface area contributed by atoms with Gasteiger partial charge in [-0.05, 0) is 55.3 Å². The number of aliphatic hydroxyl groups is 1. The number of ether oxygens (including phenoxy) is 1. The second-order valence-electron chi connectivity index (χ2n) is 5.48. The van der Waals surface area contributed by atoms with Gasteiger partial charge in [-0.2, -0.15) is 0 Å². The van der Waals surface area contributed by atoms with Crippen molar-refractivity contribution in [3.8, 4) is 0 Å². The van der Waals surface area contributed by atoms with Gasteiger partial charge in [0.15, 0.2) is 0 Å². The van der Waals surface area contributed by atoms with E-state index in [1.54, 1.807) is 0 Å². The molecule has 0 aromatic rings. The first kappa shape index (κ1) is 9.17. The SMILES string of the molecule is OCOCC12CCCC1C1CCC2C1. The monoisotopic (exact) mass is 196 g/mol. The van der Waals surface area contributed by atoms with Gasteiger partial charge in [-0.3, -0.25) is 0 Å². The molecule has 0 heterocycles. The zero-order chi connectivity index (χ0) is 9.60. The maximum Gasteiger partial charge on any atom is 0.143 e. The summed E-state index contributed by atoms with van der Waals surface area (Å²) in [5.41, 5.74) is 0.492. The number of hydrogen-bond donors (Lipinski definition) is 1. The number of rotatable bonds is 3. The fraction of sp³-hybridized carbons (Fsp3) is 1.00. The first-order chi connectivity index (χ1) is 6.87. The maximum absolute atomic E-state index is 8.79. The maximum atomic E-state index is 8.79. The normalized spacial score (nSPS) is 49.9. The highest BCUT2D eigenvalue weighted by Crippen LogP contribution is 2.66. The highest BCUT2D eigenvalue weighted by atomic mass is 16.6. The minimum absolute atomic E-state index is 0.0914. The number of hydrogen-bond acceptors (Lipinski definition) is 2. The Balaban J connectivity index is 1.81. The average Bonchev–Trinajstić information content (AvgIpc) is 2.86. The molecule has 3 fully saturated rings. The number of aliphatic hydroxyl groups excluding tert-OH is 1. The summed E-state index contributed by atoms with van der Waals surface area (Å²) in [7, 11) is 0. The predicted octanol–water partition coefficient (Wildman–Crippen LogP) is 2.17. The van der Waals surface area contributed by atoms with Crippen molar-refractivity contribution in [1.29, 1.82) is 0 Å². The Bertz CT molecular complexity index is 228. The van der Waals surface area contributed by atoms with Crippen LogP contribution in [0.4, 0.5) is 0 Å². The topological polar surface area (TPSA) is 29.5 Å². The van der Waals surface area contributed by atoms with E-state index in [1.807, 2.05) is 0 Å². The van der Waals surface area contributed by atoms with Crippen LogP contribution in [-0.2, 0) is 4.74 Å². The first-order valence-corrected chi connectivity index (χ1v) is 6.05. The summed E-state index contributed by atoms with van der Waals surface area (Å²) in [4.78, 5) is 0. The molecular weight excluding hydrogens is 176 g/mol. The summed E-state index contributed by atoms with van der Waals surface area (Å²) >= 11 is 0. The Morgan fingerprint density at radius 2 is 2.21 bits per heavy atom. The van der Waals surface area contributed by atoms with Gasteiger partial charge in [-0.1, -0.05) is 6.42 Å². The summed E-state index contributed by atoms with van der Waals surface area (Å²) in [6.45, 7) is 0.737. The van der Waals surface area contributed by atoms with Crippen LogP contribution in [0.2, 0.25) is 0 Å². The van der Waals surface area contributed by atoms with Crippen LogP contribution in [0.5, 0.6) is 0 Å². The molecule has 0 aromatic carbocycles. The van der Waals surface area contributed by atoms with E-state index in [9.17, 15) is 0 Å². The van der Waals surface area contributed by atoms with Crippen LogP contribution in [0, 0.1) is 23.2 Å². The Morgan fingerprint density at radius 3 is 3.07 bits per heavy atom. The van der Waals surface area contributed by atoms with Crippen LogP contribution in [0.1, 0.15) is 38.5 Å². The fourth-order valence-electron chi connectivity index (χ4n) is 4.77. The molecular formula is C12H20O2. The highest BCUT2D eigenvalue weighted by Gasteiger charge is 2.59. The van der Waals surface area contributed by atoms with Crippen LogP contribution >= 0.6 is 0 Å². The van der Waals surface area contributed by atoms with E-state index in [1.165, 1.54) is 38.5 Å². The third-order valence-electron chi connectivity index (χ3n) is 5.21. The molecule has 0 spiro atoms. The molecule has 0 aromatic heterocycles. The molecule has 2 bridgehead atoms. The standard InChI is InChI=1S/C12H20O2/c13-8-14-7-12-5-1-2-11(12)9-3-4-10(12)6-9/h9-11,13H,1-8H2. The average molecular weight is 196 g/mol. The molecule has 1 N–H and O–H groups in total. The van der Waals surface area contributed by atoms with Crippen LogP contribution in [0.3, 0.4) is 0 Å². The van der Waals surface area contributed by atoms with Crippen LogP contribution in [-0.4, -0.2) is 18.5 Å². The Kier molecular flexibility index (Phi) is 2.10. The van der Waals surface area contributed by atoms with Crippen molar-refractivity contribution in [3.63, 3.8) is 0 Å². The van der Waals surface area contributed by atoms with Gasteiger partial charge >= 0.3 is 0 Å². The van der Waals surface area contributed by atoms with Crippen molar-refractivity contribution >= 4 is 0 Å². The largest absolute Gasteiger partial charge is 0.371 e. The molecule has 0 saturated heterocycles. The lowest BCUT2D eigenvalue weighted by Crippen LogP contribution is -2.36. The van der Waals surface area contributed by atoms with Gasteiger partial charge in [0.2, 0.25) is 0 Å². The zero-order valence-corrected chi connectivity index (χ0v) is 8.74. The van der Waals surface area contributed by atoms with Crippen molar-refractivity contribution < 1.29 is 9.84 Å². The van der Waals surface area contributed by atoms with Crippen molar-refractivity contribution in [2.75, 3.05) is 13.4 Å². The summed E-state index contributed by atoms with van der Waals surface area (Å²) in [6.07, 6.45) is 8.53. The second kappa shape index (κ2) is 3.21. The quantitative estimate of drug-likeness (QED) is 0.701. The summed E-state index contributed by atoms with van der Waals surface area (Å²) in [6, 6.07) is 0. The lowest BCUT2D eigenvalue weighted by molar-refractivity contribution is -0.0715. The fourth-order valence-corrected chi connectivity index (χ4v) is 4.77. The van der Waals surface area contributed by atoms with Gasteiger partial charge in [0.1, 0.15) is 6.79 Å². The molecule has 4 unspecified atom stereocenters. The van der Waals surface area contributed by atoms with Crippen molar-refractivity contribution in [2.24, 2.45) is 23.2 Å². The Morgan fingerprint density at radius 1 is 1.29 bits per heavy atom. The molecule has 3 rings (SSSR count). The molecule has 2 nitrogen and oxygen atoms in total. The Hall–Kier alpha value is -0.0800. The molecule has 3 aliphatic rings. The van der Waals surface area contributed by atoms with E-state index in [-0.39, 0.29) is 6.79 Å². The summed E-state index contributed by atoms with van der Waals surface area (Å²) < 4.78 is 5.33. The molecule has 0 aliphatic heterocycles. The van der Waals surface area contributed by atoms with Crippen molar-refractivity contribution in [1.82, 2.24) is 0 Å². The van der Waals surface area contributed by atoms with Crippen LogP contribution in [0.15, 0.2) is 0 Å². The van der Waals surface area contributed by atoms with Crippen LogP contribution in [0.25, 0.3) is 0 Å². The van der Waals surface area contributed by atoms with E-state index in [2.05, 4.69) is 0 Å². The second-order valence-corrected chi connectivity index (χ2v) is 5.48. The molecule has 2 heteroatoms.